The van der Waals surface area contributed by atoms with Gasteiger partial charge in [0.05, 0.1) is 17.7 Å². The van der Waals surface area contributed by atoms with Crippen LogP contribution in [0.3, 0.4) is 0 Å². The van der Waals surface area contributed by atoms with Gasteiger partial charge in [-0.15, -0.1) is 11.3 Å². The Hall–Kier alpha value is -2.32. The number of thiophene rings is 1. The first-order valence-corrected chi connectivity index (χ1v) is 10.1. The highest BCUT2D eigenvalue weighted by Crippen LogP contribution is 2.40. The number of thiocarbonyl (C=S) groups is 1. The number of hydrogen-bond donors (Lipinski definition) is 2. The number of esters is 1. The fourth-order valence-electron chi connectivity index (χ4n) is 3.06. The van der Waals surface area contributed by atoms with E-state index in [1.807, 2.05) is 0 Å². The fraction of sp³-hybridized carbons (Fsp3) is 0.368. The summed E-state index contributed by atoms with van der Waals surface area (Å²) in [6.45, 7) is 4.30. The Labute approximate surface area is 167 Å². The van der Waals surface area contributed by atoms with Crippen LogP contribution in [0.5, 0.6) is 0 Å². The molecule has 0 radical (unpaired) electrons. The lowest BCUT2D eigenvalue weighted by molar-refractivity contribution is 0.0526. The smallest absolute Gasteiger partial charge is 0.341 e. The second-order valence-corrected chi connectivity index (χ2v) is 7.94. The average Bonchev–Trinajstić information content (AvgIpc) is 2.99. The van der Waals surface area contributed by atoms with E-state index in [1.54, 1.807) is 25.3 Å². The van der Waals surface area contributed by atoms with Crippen molar-refractivity contribution in [2.45, 2.75) is 33.1 Å². The van der Waals surface area contributed by atoms with Gasteiger partial charge in [0.25, 0.3) is 5.91 Å². The number of amides is 1. The van der Waals surface area contributed by atoms with Gasteiger partial charge in [-0.1, -0.05) is 6.92 Å². The Morgan fingerprint density at radius 2 is 2.26 bits per heavy atom. The summed E-state index contributed by atoms with van der Waals surface area (Å²) in [6.07, 6.45) is 5.88. The van der Waals surface area contributed by atoms with Gasteiger partial charge < -0.3 is 10.1 Å². The third-order valence-corrected chi connectivity index (χ3v) is 5.74. The Morgan fingerprint density at radius 3 is 2.96 bits per heavy atom. The van der Waals surface area contributed by atoms with E-state index >= 15 is 0 Å². The van der Waals surface area contributed by atoms with Gasteiger partial charge in [0.15, 0.2) is 5.11 Å². The highest BCUT2D eigenvalue weighted by Gasteiger charge is 2.28. The lowest BCUT2D eigenvalue weighted by atomic mass is 9.88. The molecule has 2 N–H and O–H groups in total. The molecule has 1 aliphatic carbocycles. The number of ether oxygens (including phenoxy) is 1. The van der Waals surface area contributed by atoms with E-state index in [0.29, 0.717) is 28.7 Å². The molecule has 0 aromatic carbocycles. The van der Waals surface area contributed by atoms with Gasteiger partial charge in [-0.3, -0.25) is 15.1 Å². The Kier molecular flexibility index (Phi) is 6.18. The van der Waals surface area contributed by atoms with Crippen LogP contribution in [0.25, 0.3) is 0 Å². The van der Waals surface area contributed by atoms with Crippen LogP contribution < -0.4 is 10.6 Å². The molecule has 0 unspecified atom stereocenters. The van der Waals surface area contributed by atoms with Crippen LogP contribution in [0.1, 0.15) is 51.4 Å². The molecule has 0 aliphatic heterocycles. The zero-order valence-corrected chi connectivity index (χ0v) is 16.8. The monoisotopic (exact) mass is 403 g/mol. The van der Waals surface area contributed by atoms with Crippen molar-refractivity contribution in [3.63, 3.8) is 0 Å². The second-order valence-electron chi connectivity index (χ2n) is 6.43. The first-order chi connectivity index (χ1) is 13.0. The van der Waals surface area contributed by atoms with Crippen molar-refractivity contribution in [3.8, 4) is 0 Å². The number of hydrogen-bond acceptors (Lipinski definition) is 6. The Morgan fingerprint density at radius 1 is 1.44 bits per heavy atom. The molecule has 2 heterocycles. The molecular weight excluding hydrogens is 382 g/mol. The topological polar surface area (TPSA) is 80.3 Å². The van der Waals surface area contributed by atoms with Crippen molar-refractivity contribution < 1.29 is 14.3 Å². The number of nitrogens with one attached hydrogen (secondary N) is 2. The van der Waals surface area contributed by atoms with Crippen molar-refractivity contribution in [2.75, 3.05) is 11.9 Å². The quantitative estimate of drug-likeness (QED) is 0.600. The van der Waals surface area contributed by atoms with E-state index < -0.39 is 0 Å². The van der Waals surface area contributed by atoms with E-state index in [4.69, 9.17) is 17.0 Å². The number of carbonyl (C=O) groups is 2. The van der Waals surface area contributed by atoms with Gasteiger partial charge in [0.1, 0.15) is 5.00 Å². The Balaban J connectivity index is 1.80. The maximum Gasteiger partial charge on any atom is 0.341 e. The minimum absolute atomic E-state index is 0.140. The molecule has 2 aromatic rings. The molecule has 0 spiro atoms. The molecule has 1 amide bonds. The van der Waals surface area contributed by atoms with Crippen LogP contribution in [0.15, 0.2) is 24.5 Å². The van der Waals surface area contributed by atoms with Crippen molar-refractivity contribution in [1.29, 1.82) is 0 Å². The maximum atomic E-state index is 12.5. The van der Waals surface area contributed by atoms with Crippen LogP contribution in [-0.4, -0.2) is 28.6 Å². The third-order valence-electron chi connectivity index (χ3n) is 4.37. The molecule has 0 bridgehead atoms. The molecule has 2 aromatic heterocycles. The Bertz CT molecular complexity index is 865. The van der Waals surface area contributed by atoms with Gasteiger partial charge in [-0.25, -0.2) is 4.79 Å². The summed E-state index contributed by atoms with van der Waals surface area (Å²) in [5, 5.41) is 6.42. The first kappa shape index (κ1) is 19.4. The van der Waals surface area contributed by atoms with Crippen molar-refractivity contribution in [3.05, 3.63) is 46.1 Å². The van der Waals surface area contributed by atoms with Gasteiger partial charge in [0.2, 0.25) is 0 Å². The molecule has 27 heavy (non-hydrogen) atoms. The summed E-state index contributed by atoms with van der Waals surface area (Å²) in [4.78, 5) is 29.9. The summed E-state index contributed by atoms with van der Waals surface area (Å²) in [5.74, 6) is -0.127. The molecule has 1 aliphatic rings. The third kappa shape index (κ3) is 4.51. The van der Waals surface area contributed by atoms with Gasteiger partial charge in [-0.2, -0.15) is 0 Å². The number of rotatable bonds is 4. The van der Waals surface area contributed by atoms with Crippen molar-refractivity contribution >= 4 is 45.5 Å². The highest BCUT2D eigenvalue weighted by atomic mass is 32.1. The molecule has 0 fully saturated rings. The summed E-state index contributed by atoms with van der Waals surface area (Å²) >= 11 is 6.79. The molecule has 3 rings (SSSR count). The molecular formula is C19H21N3O3S2. The van der Waals surface area contributed by atoms with Gasteiger partial charge in [0, 0.05) is 17.3 Å². The van der Waals surface area contributed by atoms with Crippen molar-refractivity contribution in [1.82, 2.24) is 10.3 Å². The van der Waals surface area contributed by atoms with E-state index in [9.17, 15) is 9.59 Å². The number of nitrogens with zero attached hydrogens (tertiary/aromatic N) is 1. The highest BCUT2D eigenvalue weighted by molar-refractivity contribution is 7.80. The normalized spacial score (nSPS) is 15.6. The summed E-state index contributed by atoms with van der Waals surface area (Å²) in [7, 11) is 0. The van der Waals surface area contributed by atoms with Crippen LogP contribution in [-0.2, 0) is 17.6 Å². The van der Waals surface area contributed by atoms with Crippen LogP contribution >= 0.6 is 23.6 Å². The van der Waals surface area contributed by atoms with E-state index in [2.05, 4.69) is 22.5 Å². The zero-order valence-electron chi connectivity index (χ0n) is 15.2. The molecule has 8 heteroatoms. The minimum atomic E-state index is -0.353. The summed E-state index contributed by atoms with van der Waals surface area (Å²) in [6, 6.07) is 3.33. The van der Waals surface area contributed by atoms with E-state index in [0.717, 1.165) is 24.8 Å². The SMILES string of the molecule is CCOC(=O)c1c(NC(=S)NC(=O)c2cccnc2)sc2c1CC[C@@H](C)C2. The van der Waals surface area contributed by atoms with Crippen molar-refractivity contribution in [2.24, 2.45) is 5.92 Å². The van der Waals surface area contributed by atoms with E-state index in [-0.39, 0.29) is 17.0 Å². The standard InChI is InChI=1S/C19H21N3O3S2/c1-3-25-18(24)15-13-7-6-11(2)9-14(13)27-17(15)22-19(26)21-16(23)12-5-4-8-20-10-12/h4-5,8,10-11H,3,6-7,9H2,1-2H3,(H2,21,22,23,26)/t11-/m1/s1. The average molecular weight is 404 g/mol. The van der Waals surface area contributed by atoms with Crippen LogP contribution in [0.2, 0.25) is 0 Å². The lowest BCUT2D eigenvalue weighted by Gasteiger charge is -2.18. The molecule has 6 nitrogen and oxygen atoms in total. The molecule has 1 atom stereocenters. The van der Waals surface area contributed by atoms with E-state index in [1.165, 1.54) is 22.4 Å². The summed E-state index contributed by atoms with van der Waals surface area (Å²) in [5.41, 5.74) is 1.99. The predicted molar refractivity (Wildman–Crippen MR) is 109 cm³/mol. The van der Waals surface area contributed by atoms with Crippen LogP contribution in [0.4, 0.5) is 5.00 Å². The number of fused-ring (bicyclic) bond motifs is 1. The van der Waals surface area contributed by atoms with Crippen LogP contribution in [0, 0.1) is 5.92 Å². The number of pyridine rings is 1. The van der Waals surface area contributed by atoms with Gasteiger partial charge >= 0.3 is 5.97 Å². The summed E-state index contributed by atoms with van der Waals surface area (Å²) < 4.78 is 5.24. The predicted octanol–water partition coefficient (Wildman–Crippen LogP) is 3.57. The zero-order chi connectivity index (χ0) is 19.4. The molecule has 0 saturated carbocycles. The maximum absolute atomic E-state index is 12.5. The van der Waals surface area contributed by atoms with Gasteiger partial charge in [-0.05, 0) is 62.0 Å². The minimum Gasteiger partial charge on any atom is -0.462 e. The number of aromatic nitrogens is 1. The molecule has 0 saturated heterocycles. The number of carbonyl (C=O) groups excluding carboxylic acids is 2. The fourth-order valence-corrected chi connectivity index (χ4v) is 4.73. The first-order valence-electron chi connectivity index (χ1n) is 8.83. The number of anilines is 1. The lowest BCUT2D eigenvalue weighted by Crippen LogP contribution is -2.34. The largest absolute Gasteiger partial charge is 0.462 e. The molecule has 142 valence electrons. The second kappa shape index (κ2) is 8.58.